The number of nitriles is 1. The molecule has 0 heterocycles. The molecule has 0 bridgehead atoms. The first kappa shape index (κ1) is 12.4. The van der Waals surface area contributed by atoms with Crippen LogP contribution in [0.3, 0.4) is 0 Å². The summed E-state index contributed by atoms with van der Waals surface area (Å²) in [6.45, 7) is 3.67. The summed E-state index contributed by atoms with van der Waals surface area (Å²) in [6.07, 6.45) is 1.48. The molecule has 4 nitrogen and oxygen atoms in total. The van der Waals surface area contributed by atoms with Crippen LogP contribution in [-0.2, 0) is 10.0 Å². The molecule has 1 unspecified atom stereocenters. The first-order valence-corrected chi connectivity index (χ1v) is 6.07. The second-order valence-corrected chi connectivity index (χ2v) is 4.78. The Kier molecular flexibility index (Phi) is 5.67. The first-order valence-electron chi connectivity index (χ1n) is 4.42. The van der Waals surface area contributed by atoms with Crippen LogP contribution in [0.25, 0.3) is 0 Å². The van der Waals surface area contributed by atoms with Crippen molar-refractivity contribution in [2.24, 2.45) is 0 Å². The topological polar surface area (TPSA) is 70.0 Å². The minimum Gasteiger partial charge on any atom is -0.212 e. The molecule has 0 aromatic carbocycles. The van der Waals surface area contributed by atoms with Gasteiger partial charge in [0.1, 0.15) is 0 Å². The average Bonchev–Trinajstić information content (AvgIpc) is 2.03. The fourth-order valence-electron chi connectivity index (χ4n) is 0.961. The zero-order valence-corrected chi connectivity index (χ0v) is 8.89. The van der Waals surface area contributed by atoms with Gasteiger partial charge in [0, 0.05) is 6.04 Å². The summed E-state index contributed by atoms with van der Waals surface area (Å²) in [6, 6.07) is 1.72. The van der Waals surface area contributed by atoms with Gasteiger partial charge in [-0.15, -0.1) is 0 Å². The fourth-order valence-corrected chi connectivity index (χ4v) is 2.37. The largest absolute Gasteiger partial charge is 0.212 e. The lowest BCUT2D eigenvalue weighted by molar-refractivity contribution is 0.542. The Morgan fingerprint density at radius 2 is 2.08 bits per heavy atom. The number of rotatable bonds is 6. The predicted octanol–water partition coefficient (Wildman–Crippen LogP) is 1.01. The SMILES string of the molecule is CCCS(=O)(=O)NC(CC)CC#N. The van der Waals surface area contributed by atoms with E-state index in [-0.39, 0.29) is 18.2 Å². The van der Waals surface area contributed by atoms with E-state index >= 15 is 0 Å². The third kappa shape index (κ3) is 5.61. The molecule has 0 aromatic rings. The predicted molar refractivity (Wildman–Crippen MR) is 51.5 cm³/mol. The van der Waals surface area contributed by atoms with Gasteiger partial charge in [-0.2, -0.15) is 5.26 Å². The highest BCUT2D eigenvalue weighted by atomic mass is 32.2. The molecule has 0 fully saturated rings. The molecule has 5 heteroatoms. The van der Waals surface area contributed by atoms with Gasteiger partial charge in [-0.1, -0.05) is 13.8 Å². The van der Waals surface area contributed by atoms with Crippen LogP contribution >= 0.6 is 0 Å². The lowest BCUT2D eigenvalue weighted by atomic mass is 10.2. The summed E-state index contributed by atoms with van der Waals surface area (Å²) in [7, 11) is -3.17. The Balaban J connectivity index is 4.16. The van der Waals surface area contributed by atoms with Gasteiger partial charge in [0.25, 0.3) is 0 Å². The van der Waals surface area contributed by atoms with Crippen LogP contribution < -0.4 is 4.72 Å². The average molecular weight is 204 g/mol. The molecule has 0 rings (SSSR count). The zero-order chi connectivity index (χ0) is 10.3. The molecule has 0 aliphatic heterocycles. The molecule has 13 heavy (non-hydrogen) atoms. The van der Waals surface area contributed by atoms with Crippen molar-refractivity contribution >= 4 is 10.0 Å². The molecule has 0 radical (unpaired) electrons. The maximum Gasteiger partial charge on any atom is 0.211 e. The van der Waals surface area contributed by atoms with Gasteiger partial charge < -0.3 is 0 Å². The highest BCUT2D eigenvalue weighted by molar-refractivity contribution is 7.89. The van der Waals surface area contributed by atoms with Gasteiger partial charge >= 0.3 is 0 Å². The minimum absolute atomic E-state index is 0.134. The van der Waals surface area contributed by atoms with Gasteiger partial charge in [0.05, 0.1) is 18.2 Å². The van der Waals surface area contributed by atoms with Gasteiger partial charge in [0.15, 0.2) is 0 Å². The van der Waals surface area contributed by atoms with E-state index in [0.29, 0.717) is 12.8 Å². The molecule has 0 aliphatic rings. The molecular weight excluding hydrogens is 188 g/mol. The van der Waals surface area contributed by atoms with Crippen molar-refractivity contribution in [3.05, 3.63) is 0 Å². The lowest BCUT2D eigenvalue weighted by Crippen LogP contribution is -2.35. The molecule has 0 saturated carbocycles. The monoisotopic (exact) mass is 204 g/mol. The summed E-state index contributed by atoms with van der Waals surface area (Å²) < 4.78 is 25.0. The van der Waals surface area contributed by atoms with Crippen LogP contribution in [0.2, 0.25) is 0 Å². The summed E-state index contributed by atoms with van der Waals surface area (Å²) in [4.78, 5) is 0. The van der Waals surface area contributed by atoms with E-state index in [2.05, 4.69) is 4.72 Å². The molecular formula is C8H16N2O2S. The molecule has 0 spiro atoms. The van der Waals surface area contributed by atoms with Crippen LogP contribution in [0.5, 0.6) is 0 Å². The van der Waals surface area contributed by atoms with Crippen molar-refractivity contribution in [2.45, 2.75) is 39.2 Å². The maximum atomic E-state index is 11.3. The molecule has 0 aliphatic carbocycles. The van der Waals surface area contributed by atoms with Crippen LogP contribution in [0.1, 0.15) is 33.1 Å². The Morgan fingerprint density at radius 3 is 2.46 bits per heavy atom. The van der Waals surface area contributed by atoms with Gasteiger partial charge in [-0.25, -0.2) is 13.1 Å². The third-order valence-corrected chi connectivity index (χ3v) is 3.29. The van der Waals surface area contributed by atoms with Gasteiger partial charge in [0.2, 0.25) is 10.0 Å². The highest BCUT2D eigenvalue weighted by Gasteiger charge is 2.14. The van der Waals surface area contributed by atoms with Crippen LogP contribution in [0.15, 0.2) is 0 Å². The first-order chi connectivity index (χ1) is 6.05. The summed E-state index contributed by atoms with van der Waals surface area (Å²) in [5, 5.41) is 8.41. The van der Waals surface area contributed by atoms with Gasteiger partial charge in [-0.3, -0.25) is 0 Å². The standard InChI is InChI=1S/C8H16N2O2S/c1-3-7-13(11,12)10-8(4-2)5-6-9/h8,10H,3-5,7H2,1-2H3. The number of sulfonamides is 1. The zero-order valence-electron chi connectivity index (χ0n) is 8.08. The van der Waals surface area contributed by atoms with E-state index in [9.17, 15) is 8.42 Å². The molecule has 76 valence electrons. The van der Waals surface area contributed by atoms with Crippen molar-refractivity contribution in [1.82, 2.24) is 4.72 Å². The number of nitrogens with zero attached hydrogens (tertiary/aromatic N) is 1. The fraction of sp³-hybridized carbons (Fsp3) is 0.875. The van der Waals surface area contributed by atoms with Crippen molar-refractivity contribution in [3.8, 4) is 6.07 Å². The summed E-state index contributed by atoms with van der Waals surface area (Å²) in [5.74, 6) is 0.134. The smallest absolute Gasteiger partial charge is 0.211 e. The summed E-state index contributed by atoms with van der Waals surface area (Å²) >= 11 is 0. The molecule has 1 atom stereocenters. The molecule has 0 saturated heterocycles. The minimum atomic E-state index is -3.17. The Morgan fingerprint density at radius 1 is 1.46 bits per heavy atom. The second kappa shape index (κ2) is 5.95. The molecule has 0 aromatic heterocycles. The van der Waals surface area contributed by atoms with E-state index < -0.39 is 10.0 Å². The number of hydrogen-bond acceptors (Lipinski definition) is 3. The van der Waals surface area contributed by atoms with Crippen LogP contribution in [0.4, 0.5) is 0 Å². The van der Waals surface area contributed by atoms with E-state index in [1.54, 1.807) is 0 Å². The number of hydrogen-bond donors (Lipinski definition) is 1. The second-order valence-electron chi connectivity index (χ2n) is 2.90. The van der Waals surface area contributed by atoms with Crippen LogP contribution in [-0.4, -0.2) is 20.2 Å². The Bertz CT molecular complexity index is 266. The lowest BCUT2D eigenvalue weighted by Gasteiger charge is -2.12. The highest BCUT2D eigenvalue weighted by Crippen LogP contribution is 2.00. The van der Waals surface area contributed by atoms with Crippen molar-refractivity contribution in [3.63, 3.8) is 0 Å². The van der Waals surface area contributed by atoms with Crippen molar-refractivity contribution in [1.29, 1.82) is 5.26 Å². The normalized spacial score (nSPS) is 13.6. The Hall–Kier alpha value is -0.600. The molecule has 1 N–H and O–H groups in total. The van der Waals surface area contributed by atoms with Crippen LogP contribution in [0, 0.1) is 11.3 Å². The van der Waals surface area contributed by atoms with E-state index in [0.717, 1.165) is 0 Å². The van der Waals surface area contributed by atoms with E-state index in [4.69, 9.17) is 5.26 Å². The van der Waals surface area contributed by atoms with E-state index in [1.165, 1.54) is 0 Å². The molecule has 0 amide bonds. The van der Waals surface area contributed by atoms with Gasteiger partial charge in [-0.05, 0) is 12.8 Å². The van der Waals surface area contributed by atoms with E-state index in [1.807, 2.05) is 19.9 Å². The van der Waals surface area contributed by atoms with Crippen molar-refractivity contribution < 1.29 is 8.42 Å². The maximum absolute atomic E-state index is 11.3. The third-order valence-electron chi connectivity index (χ3n) is 1.65. The Labute approximate surface area is 80.0 Å². The summed E-state index contributed by atoms with van der Waals surface area (Å²) in [5.41, 5.74) is 0. The van der Waals surface area contributed by atoms with Crippen molar-refractivity contribution in [2.75, 3.05) is 5.75 Å². The number of nitrogens with one attached hydrogen (secondary N) is 1. The quantitative estimate of drug-likeness (QED) is 0.702.